The largest absolute Gasteiger partial charge is 0.480 e. The molecule has 0 saturated carbocycles. The molecule has 0 bridgehead atoms. The van der Waals surface area contributed by atoms with E-state index in [9.17, 15) is 9.59 Å². The van der Waals surface area contributed by atoms with Crippen molar-refractivity contribution in [2.45, 2.75) is 64.5 Å². The summed E-state index contributed by atoms with van der Waals surface area (Å²) in [7, 11) is 0. The minimum atomic E-state index is -0.950. The molecule has 1 heterocycles. The molecule has 0 radical (unpaired) electrons. The highest BCUT2D eigenvalue weighted by molar-refractivity contribution is 5.83. The number of likely N-dealkylation sites (tertiary alicyclic amines) is 1. The minimum absolute atomic E-state index is 0.169. The van der Waals surface area contributed by atoms with Crippen molar-refractivity contribution in [3.05, 3.63) is 0 Å². The van der Waals surface area contributed by atoms with Gasteiger partial charge in [0.25, 0.3) is 0 Å². The topological polar surface area (TPSA) is 69.6 Å². The second-order valence-electron chi connectivity index (χ2n) is 5.55. The Morgan fingerprint density at radius 3 is 2.56 bits per heavy atom. The fraction of sp³-hybridized carbons (Fsp3) is 0.846. The first-order valence-corrected chi connectivity index (χ1v) is 6.69. The predicted molar refractivity (Wildman–Crippen MR) is 69.5 cm³/mol. The minimum Gasteiger partial charge on any atom is -0.480 e. The molecule has 1 atom stereocenters. The number of carboxylic acids is 1. The standard InChI is InChI=1S/C13H24N2O3/c1-4-5-7-10(11(16)17)14-12(18)15-9-6-8-13(15,2)3/h10H,4-9H2,1-3H3,(H,14,18)(H,16,17)/t10-/m0/s1. The number of carbonyl (C=O) groups excluding carboxylic acids is 1. The third kappa shape index (κ3) is 3.62. The van der Waals surface area contributed by atoms with Gasteiger partial charge in [-0.25, -0.2) is 9.59 Å². The number of rotatable bonds is 5. The van der Waals surface area contributed by atoms with Crippen LogP contribution in [-0.4, -0.2) is 40.1 Å². The second kappa shape index (κ2) is 6.07. The maximum absolute atomic E-state index is 12.1. The molecule has 1 rings (SSSR count). The number of nitrogens with one attached hydrogen (secondary N) is 1. The summed E-state index contributed by atoms with van der Waals surface area (Å²) in [6.45, 7) is 6.74. The summed E-state index contributed by atoms with van der Waals surface area (Å²) in [6, 6.07) is -1.02. The number of aliphatic carboxylic acids is 1. The van der Waals surface area contributed by atoms with Crippen molar-refractivity contribution in [1.82, 2.24) is 10.2 Å². The van der Waals surface area contributed by atoms with Gasteiger partial charge in [0.15, 0.2) is 0 Å². The van der Waals surface area contributed by atoms with Gasteiger partial charge in [0.05, 0.1) is 0 Å². The van der Waals surface area contributed by atoms with E-state index in [2.05, 4.69) is 5.32 Å². The van der Waals surface area contributed by atoms with Crippen molar-refractivity contribution in [1.29, 1.82) is 0 Å². The zero-order chi connectivity index (χ0) is 13.8. The van der Waals surface area contributed by atoms with Crippen LogP contribution in [0.25, 0.3) is 0 Å². The molecule has 0 aliphatic carbocycles. The number of hydrogen-bond acceptors (Lipinski definition) is 2. The van der Waals surface area contributed by atoms with E-state index < -0.39 is 12.0 Å². The molecule has 1 aliphatic heterocycles. The third-order valence-electron chi connectivity index (χ3n) is 3.59. The molecule has 0 unspecified atom stereocenters. The van der Waals surface area contributed by atoms with Gasteiger partial charge in [0, 0.05) is 12.1 Å². The van der Waals surface area contributed by atoms with Crippen molar-refractivity contribution in [3.8, 4) is 0 Å². The lowest BCUT2D eigenvalue weighted by Gasteiger charge is -2.32. The molecular weight excluding hydrogens is 232 g/mol. The normalized spacial score (nSPS) is 19.6. The molecule has 0 aromatic rings. The highest BCUT2D eigenvalue weighted by Crippen LogP contribution is 2.28. The van der Waals surface area contributed by atoms with E-state index in [0.29, 0.717) is 13.0 Å². The van der Waals surface area contributed by atoms with Crippen LogP contribution in [0.4, 0.5) is 4.79 Å². The van der Waals surface area contributed by atoms with Crippen LogP contribution < -0.4 is 5.32 Å². The molecule has 1 saturated heterocycles. The van der Waals surface area contributed by atoms with Crippen molar-refractivity contribution in [2.75, 3.05) is 6.54 Å². The van der Waals surface area contributed by atoms with Crippen LogP contribution in [0.5, 0.6) is 0 Å². The monoisotopic (exact) mass is 256 g/mol. The first-order valence-electron chi connectivity index (χ1n) is 6.69. The number of hydrogen-bond donors (Lipinski definition) is 2. The van der Waals surface area contributed by atoms with Crippen molar-refractivity contribution >= 4 is 12.0 Å². The number of unbranched alkanes of at least 4 members (excludes halogenated alkanes) is 1. The Bertz CT molecular complexity index is 315. The summed E-state index contributed by atoms with van der Waals surface area (Å²) < 4.78 is 0. The van der Waals surface area contributed by atoms with E-state index in [0.717, 1.165) is 25.7 Å². The highest BCUT2D eigenvalue weighted by Gasteiger charge is 2.36. The van der Waals surface area contributed by atoms with Crippen molar-refractivity contribution in [3.63, 3.8) is 0 Å². The lowest BCUT2D eigenvalue weighted by Crippen LogP contribution is -2.52. The van der Waals surface area contributed by atoms with Gasteiger partial charge in [-0.05, 0) is 33.1 Å². The Labute approximate surface area is 109 Å². The van der Waals surface area contributed by atoms with Gasteiger partial charge in [0.2, 0.25) is 0 Å². The van der Waals surface area contributed by atoms with Crippen LogP contribution in [0.15, 0.2) is 0 Å². The summed E-state index contributed by atoms with van der Waals surface area (Å²) in [4.78, 5) is 24.9. The fourth-order valence-corrected chi connectivity index (χ4v) is 2.38. The van der Waals surface area contributed by atoms with Crippen molar-refractivity contribution < 1.29 is 14.7 Å². The smallest absolute Gasteiger partial charge is 0.326 e. The Balaban J connectivity index is 2.58. The van der Waals surface area contributed by atoms with Gasteiger partial charge >= 0.3 is 12.0 Å². The molecular formula is C13H24N2O3. The molecule has 2 N–H and O–H groups in total. The average Bonchev–Trinajstić information content (AvgIpc) is 2.63. The summed E-state index contributed by atoms with van der Waals surface area (Å²) in [5.74, 6) is -0.950. The van der Waals surface area contributed by atoms with Crippen LogP contribution in [0.1, 0.15) is 52.9 Å². The molecule has 18 heavy (non-hydrogen) atoms. The SMILES string of the molecule is CCCC[C@H](NC(=O)N1CCCC1(C)C)C(=O)O. The lowest BCUT2D eigenvalue weighted by molar-refractivity contribution is -0.139. The summed E-state index contributed by atoms with van der Waals surface area (Å²) >= 11 is 0. The Morgan fingerprint density at radius 1 is 1.44 bits per heavy atom. The van der Waals surface area contributed by atoms with Gasteiger partial charge in [0.1, 0.15) is 6.04 Å². The molecule has 1 fully saturated rings. The zero-order valence-electron chi connectivity index (χ0n) is 11.5. The van der Waals surface area contributed by atoms with E-state index in [1.807, 2.05) is 20.8 Å². The number of carbonyl (C=O) groups is 2. The molecule has 5 nitrogen and oxygen atoms in total. The first kappa shape index (κ1) is 14.8. The van der Waals surface area contributed by atoms with Crippen molar-refractivity contribution in [2.24, 2.45) is 0 Å². The Hall–Kier alpha value is -1.26. The second-order valence-corrected chi connectivity index (χ2v) is 5.55. The van der Waals surface area contributed by atoms with Crippen LogP contribution >= 0.6 is 0 Å². The molecule has 0 aromatic heterocycles. The van der Waals surface area contributed by atoms with Crippen LogP contribution in [0.2, 0.25) is 0 Å². The molecule has 5 heteroatoms. The Morgan fingerprint density at radius 2 is 2.11 bits per heavy atom. The number of nitrogens with zero attached hydrogens (tertiary/aromatic N) is 1. The Kier molecular flexibility index (Phi) is 4.99. The molecule has 0 aromatic carbocycles. The molecule has 104 valence electrons. The van der Waals surface area contributed by atoms with Crippen LogP contribution in [0.3, 0.4) is 0 Å². The van der Waals surface area contributed by atoms with Crippen LogP contribution in [-0.2, 0) is 4.79 Å². The van der Waals surface area contributed by atoms with E-state index in [1.165, 1.54) is 0 Å². The summed E-state index contributed by atoms with van der Waals surface area (Å²) in [6.07, 6.45) is 4.17. The van der Waals surface area contributed by atoms with Gasteiger partial charge < -0.3 is 15.3 Å². The lowest BCUT2D eigenvalue weighted by atomic mass is 10.0. The number of amides is 2. The van der Waals surface area contributed by atoms with Crippen LogP contribution in [0, 0.1) is 0 Å². The van der Waals surface area contributed by atoms with E-state index >= 15 is 0 Å². The maximum atomic E-state index is 12.1. The van der Waals surface area contributed by atoms with E-state index in [-0.39, 0.29) is 11.6 Å². The third-order valence-corrected chi connectivity index (χ3v) is 3.59. The number of urea groups is 1. The van der Waals surface area contributed by atoms with Gasteiger partial charge in [-0.2, -0.15) is 0 Å². The zero-order valence-corrected chi connectivity index (χ0v) is 11.5. The summed E-state index contributed by atoms with van der Waals surface area (Å²) in [5.41, 5.74) is -0.169. The molecule has 2 amide bonds. The van der Waals surface area contributed by atoms with E-state index in [4.69, 9.17) is 5.11 Å². The predicted octanol–water partition coefficient (Wildman–Crippen LogP) is 2.21. The summed E-state index contributed by atoms with van der Waals surface area (Å²) in [5, 5.41) is 11.7. The van der Waals surface area contributed by atoms with Gasteiger partial charge in [-0.15, -0.1) is 0 Å². The average molecular weight is 256 g/mol. The van der Waals surface area contributed by atoms with Gasteiger partial charge in [-0.3, -0.25) is 0 Å². The van der Waals surface area contributed by atoms with E-state index in [1.54, 1.807) is 4.90 Å². The van der Waals surface area contributed by atoms with Gasteiger partial charge in [-0.1, -0.05) is 19.8 Å². The maximum Gasteiger partial charge on any atom is 0.326 e. The molecule has 0 spiro atoms. The molecule has 1 aliphatic rings. The quantitative estimate of drug-likeness (QED) is 0.792. The first-order chi connectivity index (χ1) is 8.38. The fourth-order valence-electron chi connectivity index (χ4n) is 2.38. The highest BCUT2D eigenvalue weighted by atomic mass is 16.4. The number of carboxylic acid groups (broad SMARTS) is 1.